The van der Waals surface area contributed by atoms with Crippen molar-refractivity contribution in [3.63, 3.8) is 0 Å². The van der Waals surface area contributed by atoms with Gasteiger partial charge in [0.1, 0.15) is 6.29 Å². The summed E-state index contributed by atoms with van der Waals surface area (Å²) in [4.78, 5) is 30.4. The van der Waals surface area contributed by atoms with Crippen molar-refractivity contribution in [3.8, 4) is 0 Å². The smallest absolute Gasteiger partial charge is 0.390 e. The standard InChI is InChI=1S/C15H26N2O2.C10H17N3.C8H5F3O.C3H9N/c1-14(19)4-2-13(3-5-14)17-9-7-15(11-17)6-8-16(10-15)12-18;1-12-5-7-13(8-6-12)10-3-2-4-11-9-10;9-8(10,11)7-3-1-2-6(4-7)5-12;1-3-4-2/h12-13,19H,2-11H2,1H3;2-3,9,11H,4-8H2,1H3;1-5H;4H,3H2,1-2H3. The van der Waals surface area contributed by atoms with E-state index in [0.717, 1.165) is 90.0 Å². The number of halogens is 3. The van der Waals surface area contributed by atoms with E-state index in [1.54, 1.807) is 0 Å². The number of rotatable bonds is 5. The molecule has 12 heteroatoms. The average molecular weight is 679 g/mol. The highest BCUT2D eigenvalue weighted by Crippen LogP contribution is 2.42. The second-order valence-electron chi connectivity index (χ2n) is 13.9. The number of carbonyl (C=O) groups excluding carboxylic acids is 2. The van der Waals surface area contributed by atoms with E-state index in [9.17, 15) is 27.9 Å². The minimum Gasteiger partial charge on any atom is -0.390 e. The van der Waals surface area contributed by atoms with Crippen molar-refractivity contribution in [2.24, 2.45) is 5.41 Å². The van der Waals surface area contributed by atoms with Gasteiger partial charge < -0.3 is 30.4 Å². The van der Waals surface area contributed by atoms with Gasteiger partial charge in [0.2, 0.25) is 6.41 Å². The monoisotopic (exact) mass is 678 g/mol. The molecule has 0 aromatic heterocycles. The van der Waals surface area contributed by atoms with E-state index in [0.29, 0.717) is 17.7 Å². The van der Waals surface area contributed by atoms with Crippen LogP contribution in [0.4, 0.5) is 13.2 Å². The van der Waals surface area contributed by atoms with Gasteiger partial charge in [0.15, 0.2) is 0 Å². The molecule has 0 bridgehead atoms. The molecule has 270 valence electrons. The lowest BCUT2D eigenvalue weighted by Crippen LogP contribution is -2.44. The summed E-state index contributed by atoms with van der Waals surface area (Å²) in [6.45, 7) is 14.9. The molecule has 6 rings (SSSR count). The van der Waals surface area contributed by atoms with Crippen molar-refractivity contribution < 1.29 is 27.9 Å². The zero-order valence-corrected chi connectivity index (χ0v) is 29.3. The van der Waals surface area contributed by atoms with Crippen molar-refractivity contribution in [2.45, 2.75) is 70.2 Å². The maximum atomic E-state index is 12.0. The Bertz CT molecular complexity index is 1190. The molecule has 3 N–H and O–H groups in total. The molecule has 48 heavy (non-hydrogen) atoms. The van der Waals surface area contributed by atoms with Gasteiger partial charge in [-0.1, -0.05) is 25.1 Å². The van der Waals surface area contributed by atoms with Crippen molar-refractivity contribution in [2.75, 3.05) is 79.5 Å². The van der Waals surface area contributed by atoms with Gasteiger partial charge in [-0.25, -0.2) is 0 Å². The van der Waals surface area contributed by atoms with Gasteiger partial charge in [0.05, 0.1) is 16.9 Å². The summed E-state index contributed by atoms with van der Waals surface area (Å²) >= 11 is 0. The summed E-state index contributed by atoms with van der Waals surface area (Å²) < 4.78 is 36.0. The van der Waals surface area contributed by atoms with Crippen molar-refractivity contribution in [3.05, 3.63) is 59.4 Å². The number of hydrogen-bond acceptors (Lipinski definition) is 8. The molecule has 1 spiro atoms. The van der Waals surface area contributed by atoms with Gasteiger partial charge >= 0.3 is 6.18 Å². The number of likely N-dealkylation sites (N-methyl/N-ethyl adjacent to an activating group) is 1. The fourth-order valence-electron chi connectivity index (χ4n) is 6.77. The molecule has 0 radical (unpaired) electrons. The number of allylic oxidation sites excluding steroid dienone is 1. The van der Waals surface area contributed by atoms with Crippen LogP contribution in [0.5, 0.6) is 0 Å². The van der Waals surface area contributed by atoms with E-state index in [2.05, 4.69) is 57.7 Å². The number of piperazine rings is 1. The molecule has 3 saturated heterocycles. The minimum atomic E-state index is -4.38. The fourth-order valence-corrected chi connectivity index (χ4v) is 6.77. The largest absolute Gasteiger partial charge is 0.416 e. The van der Waals surface area contributed by atoms with Crippen LogP contribution in [0.2, 0.25) is 0 Å². The molecule has 4 fully saturated rings. The maximum absolute atomic E-state index is 12.0. The number of alkyl halides is 3. The number of hydrogen-bond donors (Lipinski definition) is 3. The molecule has 5 aliphatic rings. The van der Waals surface area contributed by atoms with Gasteiger partial charge in [0.25, 0.3) is 0 Å². The van der Waals surface area contributed by atoms with Crippen LogP contribution in [0.25, 0.3) is 0 Å². The van der Waals surface area contributed by atoms with Crippen LogP contribution in [0.1, 0.15) is 68.3 Å². The summed E-state index contributed by atoms with van der Waals surface area (Å²) in [7, 11) is 4.11. The average Bonchev–Trinajstić information content (AvgIpc) is 3.71. The Labute approximate surface area is 285 Å². The number of carbonyl (C=O) groups is 2. The van der Waals surface area contributed by atoms with Crippen molar-refractivity contribution in [1.29, 1.82) is 0 Å². The highest BCUT2D eigenvalue weighted by atomic mass is 19.4. The highest BCUT2D eigenvalue weighted by Gasteiger charge is 2.45. The number of nitrogens with one attached hydrogen (secondary N) is 2. The van der Waals surface area contributed by atoms with Gasteiger partial charge in [-0.2, -0.15) is 13.2 Å². The Hall–Kier alpha value is -2.93. The van der Waals surface area contributed by atoms with E-state index < -0.39 is 17.3 Å². The minimum absolute atomic E-state index is 0.0322. The molecule has 1 amide bonds. The highest BCUT2D eigenvalue weighted by molar-refractivity contribution is 5.75. The Morgan fingerprint density at radius 3 is 2.23 bits per heavy atom. The Morgan fingerprint density at radius 1 is 1.02 bits per heavy atom. The molecular weight excluding hydrogens is 621 g/mol. The predicted molar refractivity (Wildman–Crippen MR) is 184 cm³/mol. The molecule has 1 unspecified atom stereocenters. The third-order valence-corrected chi connectivity index (χ3v) is 9.98. The summed E-state index contributed by atoms with van der Waals surface area (Å²) in [5.74, 6) is 0. The SMILES string of the molecule is CC1(O)CCC(N2CCC3(CCN(C=O)C3)C2)CC1.CCNC.CN1CCN(C2=CNCC=C2)CC1.O=Cc1cccc(C(F)(F)F)c1. The molecule has 1 aromatic carbocycles. The molecule has 1 atom stereocenters. The third kappa shape index (κ3) is 12.5. The van der Waals surface area contributed by atoms with E-state index >= 15 is 0 Å². The fraction of sp³-hybridized carbons (Fsp3) is 0.667. The molecule has 4 aliphatic heterocycles. The van der Waals surface area contributed by atoms with E-state index in [-0.39, 0.29) is 5.56 Å². The van der Waals surface area contributed by atoms with Crippen LogP contribution in [0, 0.1) is 5.41 Å². The first-order chi connectivity index (χ1) is 22.8. The molecule has 9 nitrogen and oxygen atoms in total. The van der Waals surface area contributed by atoms with Gasteiger partial charge in [-0.05, 0) is 90.8 Å². The number of dihydropyridines is 1. The van der Waals surface area contributed by atoms with E-state index in [1.165, 1.54) is 50.3 Å². The number of benzene rings is 1. The van der Waals surface area contributed by atoms with Crippen molar-refractivity contribution in [1.82, 2.24) is 30.2 Å². The topological polar surface area (TPSA) is 91.4 Å². The van der Waals surface area contributed by atoms with Gasteiger partial charge in [-0.15, -0.1) is 0 Å². The predicted octanol–water partition coefficient (Wildman–Crippen LogP) is 4.21. The summed E-state index contributed by atoms with van der Waals surface area (Å²) in [5, 5.41) is 16.2. The normalized spacial score (nSPS) is 27.4. The summed E-state index contributed by atoms with van der Waals surface area (Å²) in [6, 6.07) is 4.92. The Balaban J connectivity index is 0.000000191. The lowest BCUT2D eigenvalue weighted by atomic mass is 9.82. The number of aliphatic hydroxyl groups is 1. The molecular formula is C36H57F3N6O3. The van der Waals surface area contributed by atoms with Crippen LogP contribution in [0.3, 0.4) is 0 Å². The zero-order chi connectivity index (χ0) is 35.2. The van der Waals surface area contributed by atoms with Crippen LogP contribution in [-0.4, -0.2) is 129 Å². The lowest BCUT2D eigenvalue weighted by Gasteiger charge is -2.38. The Morgan fingerprint density at radius 2 is 1.69 bits per heavy atom. The second kappa shape index (κ2) is 18.7. The molecule has 1 saturated carbocycles. The number of aldehydes is 1. The van der Waals surface area contributed by atoms with Crippen molar-refractivity contribution >= 4 is 12.7 Å². The summed E-state index contributed by atoms with van der Waals surface area (Å²) in [6.07, 6.45) is 10.0. The van der Waals surface area contributed by atoms with Crippen LogP contribution < -0.4 is 10.6 Å². The van der Waals surface area contributed by atoms with Crippen LogP contribution in [0.15, 0.2) is 48.3 Å². The quantitative estimate of drug-likeness (QED) is 0.400. The zero-order valence-electron chi connectivity index (χ0n) is 29.3. The van der Waals surface area contributed by atoms with E-state index in [1.807, 2.05) is 18.9 Å². The number of likely N-dealkylation sites (tertiary alicyclic amines) is 2. The van der Waals surface area contributed by atoms with Crippen LogP contribution in [-0.2, 0) is 11.0 Å². The first kappa shape index (κ1) is 39.5. The second-order valence-corrected chi connectivity index (χ2v) is 13.9. The van der Waals surface area contributed by atoms with Gasteiger partial charge in [0, 0.05) is 75.6 Å². The maximum Gasteiger partial charge on any atom is 0.416 e. The molecule has 1 aromatic rings. The first-order valence-electron chi connectivity index (χ1n) is 17.3. The molecule has 1 aliphatic carbocycles. The lowest BCUT2D eigenvalue weighted by molar-refractivity contribution is -0.137. The van der Waals surface area contributed by atoms with Gasteiger partial charge in [-0.3, -0.25) is 14.5 Å². The number of amides is 1. The third-order valence-electron chi connectivity index (χ3n) is 9.98. The van der Waals surface area contributed by atoms with E-state index in [4.69, 9.17) is 0 Å². The summed E-state index contributed by atoms with van der Waals surface area (Å²) in [5.41, 5.74) is 0.507. The molecule has 4 heterocycles. The van der Waals surface area contributed by atoms with Crippen LogP contribution >= 0.6 is 0 Å². The Kier molecular flexibility index (Phi) is 15.4. The first-order valence-corrected chi connectivity index (χ1v) is 17.3. The number of nitrogens with zero attached hydrogens (tertiary/aromatic N) is 4.